The predicted octanol–water partition coefficient (Wildman–Crippen LogP) is 2.82. The Morgan fingerprint density at radius 1 is 1.17 bits per heavy atom. The van der Waals surface area contributed by atoms with E-state index in [4.69, 9.17) is 13.9 Å². The highest BCUT2D eigenvalue weighted by atomic mass is 16.5. The Bertz CT molecular complexity index is 835. The number of nitrogens with zero attached hydrogens (tertiary/aromatic N) is 1. The monoisotopic (exact) mass is 326 g/mol. The summed E-state index contributed by atoms with van der Waals surface area (Å²) in [4.78, 5) is 16.6. The summed E-state index contributed by atoms with van der Waals surface area (Å²) in [6, 6.07) is 11.0. The second-order valence-electron chi connectivity index (χ2n) is 5.20. The second-order valence-corrected chi connectivity index (χ2v) is 5.20. The molecule has 0 radical (unpaired) electrons. The van der Waals surface area contributed by atoms with Crippen LogP contribution in [0.25, 0.3) is 11.1 Å². The Labute approximate surface area is 139 Å². The summed E-state index contributed by atoms with van der Waals surface area (Å²) >= 11 is 0. The molecule has 0 fully saturated rings. The number of aromatic nitrogens is 1. The number of hydrogen-bond acceptors (Lipinski definition) is 5. The van der Waals surface area contributed by atoms with Gasteiger partial charge < -0.3 is 19.2 Å². The summed E-state index contributed by atoms with van der Waals surface area (Å²) in [5.41, 5.74) is 3.03. The fourth-order valence-corrected chi connectivity index (χ4v) is 2.54. The Kier molecular flexibility index (Phi) is 4.65. The second kappa shape index (κ2) is 7.04. The number of amides is 1. The van der Waals surface area contributed by atoms with E-state index in [-0.39, 0.29) is 5.91 Å². The summed E-state index contributed by atoms with van der Waals surface area (Å²) < 4.78 is 15.7. The number of hydrogen-bond donors (Lipinski definition) is 1. The first-order valence-electron chi connectivity index (χ1n) is 7.54. The molecule has 6 nitrogen and oxygen atoms in total. The SMILES string of the molecule is COc1cccc(OC)c1C(=O)NCCc1ccc2ocnc2c1. The van der Waals surface area contributed by atoms with Crippen LogP contribution in [0.2, 0.25) is 0 Å². The molecule has 1 amide bonds. The summed E-state index contributed by atoms with van der Waals surface area (Å²) in [7, 11) is 3.05. The fourth-order valence-electron chi connectivity index (χ4n) is 2.54. The predicted molar refractivity (Wildman–Crippen MR) is 89.6 cm³/mol. The van der Waals surface area contributed by atoms with Crippen LogP contribution in [0.3, 0.4) is 0 Å². The Hall–Kier alpha value is -3.02. The van der Waals surface area contributed by atoms with Gasteiger partial charge in [-0.2, -0.15) is 0 Å². The number of fused-ring (bicyclic) bond motifs is 1. The molecule has 0 spiro atoms. The first kappa shape index (κ1) is 15.9. The molecule has 0 aliphatic rings. The van der Waals surface area contributed by atoms with E-state index in [0.29, 0.717) is 30.0 Å². The Balaban J connectivity index is 1.67. The number of benzene rings is 2. The molecule has 2 aromatic carbocycles. The number of ether oxygens (including phenoxy) is 2. The van der Waals surface area contributed by atoms with Gasteiger partial charge >= 0.3 is 0 Å². The molecule has 3 rings (SSSR count). The fraction of sp³-hybridized carbons (Fsp3) is 0.222. The number of rotatable bonds is 6. The normalized spacial score (nSPS) is 10.6. The van der Waals surface area contributed by atoms with Crippen molar-refractivity contribution in [1.29, 1.82) is 0 Å². The number of oxazole rings is 1. The number of carbonyl (C=O) groups excluding carboxylic acids is 1. The summed E-state index contributed by atoms with van der Waals surface area (Å²) in [5, 5.41) is 2.90. The van der Waals surface area contributed by atoms with Crippen molar-refractivity contribution in [2.45, 2.75) is 6.42 Å². The van der Waals surface area contributed by atoms with Gasteiger partial charge in [-0.1, -0.05) is 12.1 Å². The van der Waals surface area contributed by atoms with E-state index in [1.54, 1.807) is 18.2 Å². The van der Waals surface area contributed by atoms with Gasteiger partial charge in [0, 0.05) is 6.54 Å². The zero-order chi connectivity index (χ0) is 16.9. The zero-order valence-electron chi connectivity index (χ0n) is 13.5. The average Bonchev–Trinajstić information content (AvgIpc) is 3.08. The van der Waals surface area contributed by atoms with Crippen molar-refractivity contribution in [3.8, 4) is 11.5 Å². The lowest BCUT2D eigenvalue weighted by atomic mass is 10.1. The molecule has 6 heteroatoms. The molecule has 24 heavy (non-hydrogen) atoms. The molecule has 0 aliphatic carbocycles. The minimum absolute atomic E-state index is 0.230. The van der Waals surface area contributed by atoms with Gasteiger partial charge in [-0.25, -0.2) is 4.98 Å². The molecule has 0 saturated carbocycles. The Morgan fingerprint density at radius 2 is 1.92 bits per heavy atom. The van der Waals surface area contributed by atoms with Crippen LogP contribution in [0.1, 0.15) is 15.9 Å². The van der Waals surface area contributed by atoms with Gasteiger partial charge in [-0.15, -0.1) is 0 Å². The molecule has 0 bridgehead atoms. The van der Waals surface area contributed by atoms with Crippen molar-refractivity contribution in [2.24, 2.45) is 0 Å². The smallest absolute Gasteiger partial charge is 0.258 e. The van der Waals surface area contributed by atoms with E-state index in [0.717, 1.165) is 16.7 Å². The molecule has 0 aliphatic heterocycles. The van der Waals surface area contributed by atoms with Crippen LogP contribution in [-0.2, 0) is 6.42 Å². The van der Waals surface area contributed by atoms with Crippen LogP contribution >= 0.6 is 0 Å². The van der Waals surface area contributed by atoms with E-state index in [2.05, 4.69) is 10.3 Å². The molecule has 3 aromatic rings. The largest absolute Gasteiger partial charge is 0.496 e. The molecule has 124 valence electrons. The van der Waals surface area contributed by atoms with Crippen LogP contribution < -0.4 is 14.8 Å². The number of carbonyl (C=O) groups is 1. The molecule has 1 heterocycles. The number of nitrogens with one attached hydrogen (secondary N) is 1. The lowest BCUT2D eigenvalue weighted by molar-refractivity contribution is 0.0948. The third-order valence-corrected chi connectivity index (χ3v) is 3.75. The molecule has 1 N–H and O–H groups in total. The van der Waals surface area contributed by atoms with Gasteiger partial charge in [0.2, 0.25) is 0 Å². The molecular formula is C18H18N2O4. The van der Waals surface area contributed by atoms with Crippen LogP contribution in [0.5, 0.6) is 11.5 Å². The minimum atomic E-state index is -0.230. The molecular weight excluding hydrogens is 308 g/mol. The van der Waals surface area contributed by atoms with Crippen molar-refractivity contribution < 1.29 is 18.7 Å². The van der Waals surface area contributed by atoms with E-state index in [1.807, 2.05) is 18.2 Å². The van der Waals surface area contributed by atoms with Crippen LogP contribution in [0, 0.1) is 0 Å². The molecule has 0 saturated heterocycles. The number of methoxy groups -OCH3 is 2. The van der Waals surface area contributed by atoms with Crippen molar-refractivity contribution in [3.05, 3.63) is 53.9 Å². The highest BCUT2D eigenvalue weighted by Crippen LogP contribution is 2.27. The van der Waals surface area contributed by atoms with Crippen molar-refractivity contribution in [1.82, 2.24) is 10.3 Å². The summed E-state index contributed by atoms with van der Waals surface area (Å²) in [5.74, 6) is 0.735. The van der Waals surface area contributed by atoms with E-state index >= 15 is 0 Å². The standard InChI is InChI=1S/C18H18N2O4/c1-22-15-4-3-5-16(23-2)17(15)18(21)19-9-8-12-6-7-14-13(10-12)20-11-24-14/h3-7,10-11H,8-9H2,1-2H3,(H,19,21). The highest BCUT2D eigenvalue weighted by molar-refractivity contribution is 5.99. The Morgan fingerprint density at radius 3 is 2.62 bits per heavy atom. The van der Waals surface area contributed by atoms with Gasteiger partial charge in [-0.3, -0.25) is 4.79 Å². The zero-order valence-corrected chi connectivity index (χ0v) is 13.5. The highest BCUT2D eigenvalue weighted by Gasteiger charge is 2.17. The third-order valence-electron chi connectivity index (χ3n) is 3.75. The van der Waals surface area contributed by atoms with Crippen molar-refractivity contribution >= 4 is 17.0 Å². The lowest BCUT2D eigenvalue weighted by Crippen LogP contribution is -2.26. The minimum Gasteiger partial charge on any atom is -0.496 e. The van der Waals surface area contributed by atoms with E-state index in [9.17, 15) is 4.79 Å². The van der Waals surface area contributed by atoms with Crippen molar-refractivity contribution in [3.63, 3.8) is 0 Å². The van der Waals surface area contributed by atoms with Crippen LogP contribution in [0.4, 0.5) is 0 Å². The summed E-state index contributed by atoms with van der Waals surface area (Å²) in [6.45, 7) is 0.489. The molecule has 0 atom stereocenters. The summed E-state index contributed by atoms with van der Waals surface area (Å²) in [6.07, 6.45) is 2.11. The van der Waals surface area contributed by atoms with E-state index < -0.39 is 0 Å². The van der Waals surface area contributed by atoms with E-state index in [1.165, 1.54) is 20.6 Å². The topological polar surface area (TPSA) is 73.6 Å². The molecule has 1 aromatic heterocycles. The van der Waals surface area contributed by atoms with Gasteiger partial charge in [-0.05, 0) is 36.2 Å². The van der Waals surface area contributed by atoms with Crippen LogP contribution in [-0.4, -0.2) is 31.7 Å². The third kappa shape index (κ3) is 3.17. The first-order valence-corrected chi connectivity index (χ1v) is 7.54. The molecule has 0 unspecified atom stereocenters. The van der Waals surface area contributed by atoms with Gasteiger partial charge in [0.25, 0.3) is 5.91 Å². The maximum Gasteiger partial charge on any atom is 0.258 e. The first-order chi connectivity index (χ1) is 11.7. The lowest BCUT2D eigenvalue weighted by Gasteiger charge is -2.13. The maximum absolute atomic E-state index is 12.5. The van der Waals surface area contributed by atoms with Crippen LogP contribution in [0.15, 0.2) is 47.2 Å². The maximum atomic E-state index is 12.5. The van der Waals surface area contributed by atoms with Gasteiger partial charge in [0.05, 0.1) is 14.2 Å². The van der Waals surface area contributed by atoms with Gasteiger partial charge in [0.15, 0.2) is 12.0 Å². The van der Waals surface area contributed by atoms with Gasteiger partial charge in [0.1, 0.15) is 22.6 Å². The average molecular weight is 326 g/mol. The quantitative estimate of drug-likeness (QED) is 0.754. The van der Waals surface area contributed by atoms with Crippen molar-refractivity contribution in [2.75, 3.05) is 20.8 Å².